The van der Waals surface area contributed by atoms with Crippen molar-refractivity contribution in [1.29, 1.82) is 0 Å². The second kappa shape index (κ2) is 36.4. The summed E-state index contributed by atoms with van der Waals surface area (Å²) in [6, 6.07) is 21.2. The van der Waals surface area contributed by atoms with Gasteiger partial charge in [-0.2, -0.15) is 0 Å². The van der Waals surface area contributed by atoms with Gasteiger partial charge in [-0.05, 0) is 48.5 Å². The van der Waals surface area contributed by atoms with Crippen LogP contribution in [0.25, 0.3) is 0 Å². The third-order valence-corrected chi connectivity index (χ3v) is 8.40. The summed E-state index contributed by atoms with van der Waals surface area (Å²) in [5, 5.41) is 24.3. The molecule has 57 heavy (non-hydrogen) atoms. The van der Waals surface area contributed by atoms with Crippen LogP contribution in [0.1, 0.15) is 1.43 Å². The first-order valence-electron chi connectivity index (χ1n) is 17.6. The van der Waals surface area contributed by atoms with Gasteiger partial charge in [0.2, 0.25) is 0 Å². The van der Waals surface area contributed by atoms with Gasteiger partial charge in [-0.15, -0.1) is 12.4 Å². The van der Waals surface area contributed by atoms with Gasteiger partial charge >= 0.3 is 178 Å². The number of anilines is 4. The van der Waals surface area contributed by atoms with Crippen LogP contribution in [-0.2, 0) is 9.59 Å². The standard InChI is InChI=1S/C11H13BN3O3.C11H15BN3O.C10H13N3O2.ClH.I4.3K.H/c16-9-12-14-7-5-13(6-8-14)10-1-3-11(4-2-10)15(17)18;13-10-1-3-11(4-2-10)14-5-7-15(8-6-14)12-9-16;14-13(15)10-3-1-9(2-4-10)12-7-5-11-6-8-12;;1-4(2)3;;;;/h1-4,9H,5-8H2;1-4,9H,5-8,13H2;1-4,11H,5-8H2;1H;;;;;/q;;;;;;;+1;-1. The van der Waals surface area contributed by atoms with Gasteiger partial charge in [-0.1, -0.05) is 0 Å². The van der Waals surface area contributed by atoms with E-state index in [1.54, 1.807) is 39.1 Å². The molecule has 3 aromatic carbocycles. The van der Waals surface area contributed by atoms with Gasteiger partial charge in [-0.3, -0.25) is 20.2 Å². The second-order valence-corrected chi connectivity index (χ2v) is 60.4. The molecule has 3 fully saturated rings. The summed E-state index contributed by atoms with van der Waals surface area (Å²) >= 11 is 9.92. The van der Waals surface area contributed by atoms with Crippen LogP contribution in [-0.4, -0.2) is 188 Å². The Morgan fingerprint density at radius 1 is 0.632 bits per heavy atom. The van der Waals surface area contributed by atoms with Gasteiger partial charge in [0.25, 0.3) is 26.2 Å². The number of hydrogen-bond acceptors (Lipinski definition) is 13. The van der Waals surface area contributed by atoms with Crippen LogP contribution in [0.5, 0.6) is 0 Å². The van der Waals surface area contributed by atoms with Crippen molar-refractivity contribution in [2.45, 2.75) is 0 Å². The van der Waals surface area contributed by atoms with Crippen molar-refractivity contribution in [3.63, 3.8) is 0 Å². The van der Waals surface area contributed by atoms with Gasteiger partial charge in [-0.25, -0.2) is 0 Å². The number of hydrogen-bond donors (Lipinski definition) is 2. The quantitative estimate of drug-likeness (QED) is 0.0797. The number of carbonyl (C=O) groups is 2. The molecule has 3 aliphatic rings. The van der Waals surface area contributed by atoms with Crippen molar-refractivity contribution in [3.05, 3.63) is 93.0 Å². The van der Waals surface area contributed by atoms with Crippen molar-refractivity contribution >= 4 is 201 Å². The van der Waals surface area contributed by atoms with E-state index in [9.17, 15) is 29.8 Å². The molecule has 0 aliphatic carbocycles. The Labute approximate surface area is 468 Å². The molecule has 0 atom stereocenters. The average molecular weight is 1330 g/mol. The number of carbonyl (C=O) groups excluding carboxylic acids is 2. The number of nitrogens with one attached hydrogen (secondary N) is 1. The van der Waals surface area contributed by atoms with Crippen LogP contribution >= 0.6 is 76.1 Å². The molecule has 0 bridgehead atoms. The Bertz CT molecular complexity index is 1580. The molecular formula is C32H43B2ClI4K3N9O6. The van der Waals surface area contributed by atoms with Crippen molar-refractivity contribution in [2.24, 2.45) is 0 Å². The maximum absolute atomic E-state index is 10.6. The van der Waals surface area contributed by atoms with Crippen molar-refractivity contribution < 1.29 is 72.2 Å². The summed E-state index contributed by atoms with van der Waals surface area (Å²) in [6.07, 6.45) is 1.64. The molecule has 25 heteroatoms. The van der Waals surface area contributed by atoms with E-state index in [0.29, 0.717) is 0 Å². The molecule has 3 aromatic rings. The fourth-order valence-electron chi connectivity index (χ4n) is 5.61. The molecule has 2 radical (unpaired) electrons. The second-order valence-electron chi connectivity index (χ2n) is 11.7. The van der Waals surface area contributed by atoms with E-state index >= 15 is 0 Å². The zero-order valence-electron chi connectivity index (χ0n) is 33.3. The van der Waals surface area contributed by atoms with Crippen molar-refractivity contribution in [1.82, 2.24) is 14.9 Å². The van der Waals surface area contributed by atoms with Gasteiger partial charge in [0, 0.05) is 126 Å². The van der Waals surface area contributed by atoms with E-state index in [1.807, 2.05) is 46.0 Å². The van der Waals surface area contributed by atoms with Crippen LogP contribution in [0.15, 0.2) is 72.8 Å². The molecule has 0 spiro atoms. The number of nitro benzene ring substituents is 2. The first-order valence-corrected chi connectivity index (χ1v) is 52.4. The number of benzene rings is 3. The molecule has 0 amide bonds. The molecule has 15 nitrogen and oxygen atoms in total. The zero-order valence-corrected chi connectivity index (χ0v) is 51.1. The number of piperazine rings is 3. The molecule has 3 N–H and O–H groups in total. The number of non-ortho nitro benzene ring substituents is 2. The number of nitrogens with two attached hydrogens (primary N) is 1. The SMILES string of the molecule is Cl.II(I)I.Nc1ccc(N2CCN([B]C=O)CC2)cc1.O=C[B]N1CCN(c2ccc([N+](=O)[O-])cc2)CC1.O=[N+]([O-])c1ccc(N2CCNCC2)cc1.[H-].[K+].[K][K]. The van der Waals surface area contributed by atoms with Crippen LogP contribution < -0.4 is 77.1 Å². The average Bonchev–Trinajstić information content (AvgIpc) is 3.21. The monoisotopic (exact) mass is 1330 g/mol. The van der Waals surface area contributed by atoms with E-state index in [1.165, 1.54) is 81.0 Å². The van der Waals surface area contributed by atoms with Gasteiger partial charge in [0.05, 0.1) is 22.2 Å². The zero-order chi connectivity index (χ0) is 40.6. The predicted molar refractivity (Wildman–Crippen MR) is 271 cm³/mol. The molecule has 3 saturated heterocycles. The number of nitrogen functional groups attached to an aromatic ring is 1. The third-order valence-electron chi connectivity index (χ3n) is 8.40. The van der Waals surface area contributed by atoms with Crippen LogP contribution in [0.4, 0.5) is 34.1 Å². The van der Waals surface area contributed by atoms with Gasteiger partial charge < -0.3 is 46.4 Å². The van der Waals surface area contributed by atoms with E-state index in [-0.39, 0.29) is 89.4 Å². The molecular weight excluding hydrogens is 1290 g/mol. The third kappa shape index (κ3) is 25.4. The topological polar surface area (TPSA) is 175 Å². The molecule has 0 saturated carbocycles. The number of halogens is 5. The maximum atomic E-state index is 10.6. The summed E-state index contributed by atoms with van der Waals surface area (Å²) in [5.41, 5.74) is 9.92. The molecule has 0 aromatic heterocycles. The Morgan fingerprint density at radius 2 is 0.912 bits per heavy atom. The fraction of sp³-hybridized carbons (Fsp3) is 0.375. The minimum absolute atomic E-state index is 0. The van der Waals surface area contributed by atoms with E-state index in [2.05, 4.69) is 75.9 Å². The minimum atomic E-state index is -0.402. The summed E-state index contributed by atoms with van der Waals surface area (Å²) < 4.78 is 0. The molecule has 0 unspecified atom stereocenters. The Kier molecular flexibility index (Phi) is 38.4. The molecule has 6 rings (SSSR count). The van der Waals surface area contributed by atoms with Gasteiger partial charge in [0.15, 0.2) is 0 Å². The van der Waals surface area contributed by atoms with Gasteiger partial charge in [0.1, 0.15) is 0 Å². The van der Waals surface area contributed by atoms with Crippen LogP contribution in [0, 0.1) is 20.2 Å². The molecule has 296 valence electrons. The Morgan fingerprint density at radius 3 is 1.19 bits per heavy atom. The van der Waals surface area contributed by atoms with Crippen LogP contribution in [0.2, 0.25) is 0 Å². The normalized spacial score (nSPS) is 15.2. The van der Waals surface area contributed by atoms with Crippen molar-refractivity contribution in [2.75, 3.05) is 99.0 Å². The van der Waals surface area contributed by atoms with Crippen molar-refractivity contribution in [3.8, 4) is 0 Å². The summed E-state index contributed by atoms with van der Waals surface area (Å²) in [7, 11) is 2.81. The Balaban J connectivity index is 0. The number of nitrogens with zero attached hydrogens (tertiary/aromatic N) is 7. The summed E-state index contributed by atoms with van der Waals surface area (Å²) in [5.74, 6) is 0. The fourth-order valence-corrected chi connectivity index (χ4v) is 5.61. The van der Waals surface area contributed by atoms with E-state index < -0.39 is 4.92 Å². The predicted octanol–water partition coefficient (Wildman–Crippen LogP) is 2.05. The summed E-state index contributed by atoms with van der Waals surface area (Å²) in [4.78, 5) is 51.6. The molecule has 3 heterocycles. The van der Waals surface area contributed by atoms with E-state index in [4.69, 9.17) is 5.73 Å². The summed E-state index contributed by atoms with van der Waals surface area (Å²) in [6.45, 7) is 10.7. The Hall–Kier alpha value is 3.13. The number of nitro groups is 2. The number of rotatable bonds is 9. The molecule has 3 aliphatic heterocycles. The first kappa shape index (κ1) is 60.1. The first-order chi connectivity index (χ1) is 26.5. The van der Waals surface area contributed by atoms with E-state index in [0.717, 1.165) is 108 Å². The van der Waals surface area contributed by atoms with Crippen LogP contribution in [0.3, 0.4) is 0 Å².